The quantitative estimate of drug-likeness (QED) is 0.802. The van der Waals surface area contributed by atoms with E-state index in [0.717, 1.165) is 19.1 Å². The number of aryl methyl sites for hydroxylation is 1. The predicted octanol–water partition coefficient (Wildman–Crippen LogP) is 3.57. The molecule has 1 aliphatic heterocycles. The lowest BCUT2D eigenvalue weighted by molar-refractivity contribution is -0.137. The molecule has 2 aliphatic rings. The third-order valence-corrected chi connectivity index (χ3v) is 5.19. The maximum atomic E-state index is 12.9. The zero-order chi connectivity index (χ0) is 19.4. The lowest BCUT2D eigenvalue weighted by atomic mass is 10.00. The highest BCUT2D eigenvalue weighted by Gasteiger charge is 2.58. The second kappa shape index (κ2) is 5.95. The number of aliphatic imine (C=N–C) groups is 1. The lowest BCUT2D eigenvalue weighted by Gasteiger charge is -2.14. The van der Waals surface area contributed by atoms with Gasteiger partial charge in [-0.2, -0.15) is 13.2 Å². The second-order valence-corrected chi connectivity index (χ2v) is 7.13. The van der Waals surface area contributed by atoms with E-state index in [1.165, 1.54) is 6.92 Å². The summed E-state index contributed by atoms with van der Waals surface area (Å²) < 4.78 is 44.0. The van der Waals surface area contributed by atoms with E-state index in [0.29, 0.717) is 29.8 Å². The summed E-state index contributed by atoms with van der Waals surface area (Å²) in [7, 11) is 0. The maximum Gasteiger partial charge on any atom is 0.416 e. The number of ether oxygens (including phenoxy) is 1. The summed E-state index contributed by atoms with van der Waals surface area (Å²) in [5.41, 5.74) is 6.38. The number of nitrogens with zero attached hydrogens (tertiary/aromatic N) is 2. The minimum Gasteiger partial charge on any atom is -0.507 e. The molecule has 3 N–H and O–H groups in total. The monoisotopic (exact) mass is 377 g/mol. The van der Waals surface area contributed by atoms with Crippen LogP contribution in [0, 0.1) is 12.8 Å². The number of benzene rings is 1. The summed E-state index contributed by atoms with van der Waals surface area (Å²) in [4.78, 5) is 8.84. The molecular formula is C19H18F3N3O2. The lowest BCUT2D eigenvalue weighted by Crippen LogP contribution is -2.10. The van der Waals surface area contributed by atoms with Crippen LogP contribution >= 0.6 is 0 Å². The molecule has 2 heterocycles. The zero-order valence-corrected chi connectivity index (χ0v) is 14.5. The van der Waals surface area contributed by atoms with E-state index in [4.69, 9.17) is 10.5 Å². The highest BCUT2D eigenvalue weighted by molar-refractivity contribution is 5.87. The van der Waals surface area contributed by atoms with Crippen LogP contribution in [-0.2, 0) is 10.9 Å². The Morgan fingerprint density at radius 2 is 2.15 bits per heavy atom. The SMILES string of the molecule is Cc1cc(C(F)(F)F)cc(O)c1-c1ccc(C=NC23COCC2C3)c(N)n1. The number of nitrogens with two attached hydrogens (primary N) is 1. The smallest absolute Gasteiger partial charge is 0.416 e. The first kappa shape index (κ1) is 17.8. The molecule has 5 nitrogen and oxygen atoms in total. The van der Waals surface area contributed by atoms with Gasteiger partial charge in [-0.1, -0.05) is 0 Å². The highest BCUT2D eigenvalue weighted by atomic mass is 19.4. The van der Waals surface area contributed by atoms with Crippen molar-refractivity contribution in [2.45, 2.75) is 25.1 Å². The fourth-order valence-electron chi connectivity index (χ4n) is 3.53. The minimum atomic E-state index is -4.53. The molecule has 0 radical (unpaired) electrons. The van der Waals surface area contributed by atoms with Gasteiger partial charge < -0.3 is 15.6 Å². The van der Waals surface area contributed by atoms with E-state index in [2.05, 4.69) is 9.98 Å². The number of anilines is 1. The van der Waals surface area contributed by atoms with Crippen LogP contribution in [0.1, 0.15) is 23.1 Å². The van der Waals surface area contributed by atoms with Crippen LogP contribution < -0.4 is 5.73 Å². The Hall–Kier alpha value is -2.61. The van der Waals surface area contributed by atoms with Gasteiger partial charge in [0.1, 0.15) is 11.6 Å². The number of pyridine rings is 1. The number of rotatable bonds is 3. The van der Waals surface area contributed by atoms with E-state index >= 15 is 0 Å². The average Bonchev–Trinajstić information content (AvgIpc) is 3.12. The molecule has 4 rings (SSSR count). The van der Waals surface area contributed by atoms with Crippen molar-refractivity contribution in [3.8, 4) is 17.0 Å². The van der Waals surface area contributed by atoms with Crippen LogP contribution in [0.2, 0.25) is 0 Å². The first-order valence-corrected chi connectivity index (χ1v) is 8.50. The van der Waals surface area contributed by atoms with Crippen LogP contribution in [0.15, 0.2) is 29.3 Å². The molecule has 1 aliphatic carbocycles. The highest BCUT2D eigenvalue weighted by Crippen LogP contribution is 2.51. The first-order valence-electron chi connectivity index (χ1n) is 8.50. The Morgan fingerprint density at radius 1 is 1.37 bits per heavy atom. The molecule has 0 amide bonds. The molecule has 2 fully saturated rings. The number of fused-ring (bicyclic) bond motifs is 1. The predicted molar refractivity (Wildman–Crippen MR) is 94.7 cm³/mol. The average molecular weight is 377 g/mol. The van der Waals surface area contributed by atoms with Crippen molar-refractivity contribution in [3.63, 3.8) is 0 Å². The van der Waals surface area contributed by atoms with Crippen LogP contribution in [-0.4, -0.2) is 35.1 Å². The molecular weight excluding hydrogens is 359 g/mol. The first-order chi connectivity index (χ1) is 12.7. The van der Waals surface area contributed by atoms with Crippen molar-refractivity contribution in [1.29, 1.82) is 0 Å². The number of aromatic hydroxyl groups is 1. The van der Waals surface area contributed by atoms with Gasteiger partial charge in [0.2, 0.25) is 0 Å². The van der Waals surface area contributed by atoms with Crippen molar-refractivity contribution in [2.24, 2.45) is 10.9 Å². The summed E-state index contributed by atoms with van der Waals surface area (Å²) in [6, 6.07) is 4.98. The van der Waals surface area contributed by atoms with Crippen LogP contribution in [0.25, 0.3) is 11.3 Å². The molecule has 142 valence electrons. The topological polar surface area (TPSA) is 80.7 Å². The molecule has 2 aromatic rings. The number of alkyl halides is 3. The summed E-state index contributed by atoms with van der Waals surface area (Å²) in [5, 5.41) is 10.1. The van der Waals surface area contributed by atoms with Crippen molar-refractivity contribution >= 4 is 12.0 Å². The normalized spacial score (nSPS) is 24.4. The molecule has 2 unspecified atom stereocenters. The third-order valence-electron chi connectivity index (χ3n) is 5.19. The standard InChI is InChI=1S/C19H18F3N3O2/c1-10-4-12(19(20,21)22)5-15(26)16(10)14-3-2-11(17(23)25-14)7-24-18-6-13(18)8-27-9-18/h2-5,7,13,26H,6,8-9H2,1H3,(H2,23,25). The van der Waals surface area contributed by atoms with E-state index in [-0.39, 0.29) is 22.5 Å². The van der Waals surface area contributed by atoms with Gasteiger partial charge in [0.05, 0.1) is 30.0 Å². The van der Waals surface area contributed by atoms with E-state index < -0.39 is 17.5 Å². The van der Waals surface area contributed by atoms with Crippen molar-refractivity contribution < 1.29 is 23.0 Å². The number of hydrogen-bond donors (Lipinski definition) is 2. The summed E-state index contributed by atoms with van der Waals surface area (Å²) in [6.07, 6.45) is -1.86. The molecule has 1 saturated heterocycles. The molecule has 8 heteroatoms. The van der Waals surface area contributed by atoms with Gasteiger partial charge >= 0.3 is 6.18 Å². The van der Waals surface area contributed by atoms with Crippen molar-refractivity contribution in [1.82, 2.24) is 4.98 Å². The van der Waals surface area contributed by atoms with E-state index in [1.54, 1.807) is 18.3 Å². The zero-order valence-electron chi connectivity index (χ0n) is 14.5. The van der Waals surface area contributed by atoms with E-state index in [1.807, 2.05) is 0 Å². The van der Waals surface area contributed by atoms with Gasteiger partial charge in [-0.05, 0) is 43.2 Å². The summed E-state index contributed by atoms with van der Waals surface area (Å²) >= 11 is 0. The van der Waals surface area contributed by atoms with E-state index in [9.17, 15) is 18.3 Å². The molecule has 1 aromatic heterocycles. The fraction of sp³-hybridized carbons (Fsp3) is 0.368. The van der Waals surface area contributed by atoms with Crippen molar-refractivity contribution in [3.05, 3.63) is 41.0 Å². The molecule has 2 atom stereocenters. The van der Waals surface area contributed by atoms with Gasteiger partial charge in [-0.25, -0.2) is 4.98 Å². The minimum absolute atomic E-state index is 0.132. The van der Waals surface area contributed by atoms with Gasteiger partial charge in [-0.15, -0.1) is 0 Å². The van der Waals surface area contributed by atoms with Crippen LogP contribution in [0.3, 0.4) is 0 Å². The van der Waals surface area contributed by atoms with Crippen LogP contribution in [0.4, 0.5) is 19.0 Å². The van der Waals surface area contributed by atoms with Gasteiger partial charge in [0.25, 0.3) is 0 Å². The maximum absolute atomic E-state index is 12.9. The summed E-state index contributed by atoms with van der Waals surface area (Å²) in [6.45, 7) is 2.83. The third kappa shape index (κ3) is 3.14. The Morgan fingerprint density at radius 3 is 2.70 bits per heavy atom. The van der Waals surface area contributed by atoms with Gasteiger partial charge in [0, 0.05) is 23.3 Å². The van der Waals surface area contributed by atoms with Gasteiger partial charge in [0.15, 0.2) is 0 Å². The summed E-state index contributed by atoms with van der Waals surface area (Å²) in [5.74, 6) is 0.176. The second-order valence-electron chi connectivity index (χ2n) is 7.13. The number of hydrogen-bond acceptors (Lipinski definition) is 5. The number of aromatic nitrogens is 1. The number of phenols is 1. The molecule has 27 heavy (non-hydrogen) atoms. The fourth-order valence-corrected chi connectivity index (χ4v) is 3.53. The number of halogens is 3. The van der Waals surface area contributed by atoms with Crippen molar-refractivity contribution in [2.75, 3.05) is 18.9 Å². The Labute approximate surface area is 153 Å². The molecule has 1 saturated carbocycles. The number of nitrogen functional groups attached to an aromatic ring is 1. The number of phenolic OH excluding ortho intramolecular Hbond substituents is 1. The Balaban J connectivity index is 1.64. The molecule has 0 bridgehead atoms. The van der Waals surface area contributed by atoms with Crippen LogP contribution in [0.5, 0.6) is 5.75 Å². The van der Waals surface area contributed by atoms with Gasteiger partial charge in [-0.3, -0.25) is 4.99 Å². The largest absolute Gasteiger partial charge is 0.507 e. The Kier molecular flexibility index (Phi) is 3.92. The molecule has 0 spiro atoms. The Bertz CT molecular complexity index is 919. The molecule has 1 aromatic carbocycles.